The lowest BCUT2D eigenvalue weighted by molar-refractivity contribution is -0.122. The van der Waals surface area contributed by atoms with Gasteiger partial charge in [0.2, 0.25) is 0 Å². The van der Waals surface area contributed by atoms with Gasteiger partial charge in [0.25, 0.3) is 5.91 Å². The summed E-state index contributed by atoms with van der Waals surface area (Å²) in [6.45, 7) is 5.81. The summed E-state index contributed by atoms with van der Waals surface area (Å²) in [4.78, 5) is 12.4. The average Bonchev–Trinajstić information content (AvgIpc) is 2.50. The van der Waals surface area contributed by atoms with Crippen LogP contribution in [0.25, 0.3) is 0 Å². The van der Waals surface area contributed by atoms with Crippen molar-refractivity contribution in [2.45, 2.75) is 33.3 Å². The van der Waals surface area contributed by atoms with E-state index < -0.39 is 6.10 Å². The number of amides is 1. The van der Waals surface area contributed by atoms with Crippen LogP contribution in [0.4, 0.5) is 5.69 Å². The van der Waals surface area contributed by atoms with Crippen LogP contribution in [0.1, 0.15) is 24.5 Å². The molecule has 0 aromatic heterocycles. The van der Waals surface area contributed by atoms with Crippen molar-refractivity contribution in [3.05, 3.63) is 58.6 Å². The number of carbonyl (C=O) groups is 1. The van der Waals surface area contributed by atoms with Gasteiger partial charge in [-0.05, 0) is 49.6 Å². The summed E-state index contributed by atoms with van der Waals surface area (Å²) in [7, 11) is 0. The Hall–Kier alpha value is -2.00. The molecule has 0 aliphatic heterocycles. The van der Waals surface area contributed by atoms with Gasteiger partial charge in [-0.1, -0.05) is 42.8 Å². The third-order valence-corrected chi connectivity index (χ3v) is 3.72. The van der Waals surface area contributed by atoms with Crippen molar-refractivity contribution in [2.24, 2.45) is 0 Å². The van der Waals surface area contributed by atoms with Crippen molar-refractivity contribution in [2.75, 3.05) is 5.32 Å². The van der Waals surface area contributed by atoms with Crippen LogP contribution in [0, 0.1) is 13.8 Å². The molecule has 22 heavy (non-hydrogen) atoms. The first-order valence-electron chi connectivity index (χ1n) is 7.30. The van der Waals surface area contributed by atoms with Crippen molar-refractivity contribution in [3.8, 4) is 5.75 Å². The number of hydrogen-bond donors (Lipinski definition) is 1. The molecule has 0 unspecified atom stereocenters. The first-order chi connectivity index (χ1) is 10.5. The molecule has 2 aromatic rings. The predicted octanol–water partition coefficient (Wildman–Crippen LogP) is 4.75. The molecule has 0 saturated heterocycles. The van der Waals surface area contributed by atoms with Gasteiger partial charge in [0.05, 0.1) is 0 Å². The largest absolute Gasteiger partial charge is 0.480 e. The standard InChI is InChI=1S/C18H20ClNO2/c1-4-16(22-17-8-6-5-7-13(17)3)18(21)20-15-11-14(19)10-9-12(15)2/h5-11,16H,4H2,1-3H3,(H,20,21)/t16-/m0/s1. The number of rotatable bonds is 5. The minimum atomic E-state index is -0.542. The predicted molar refractivity (Wildman–Crippen MR) is 90.7 cm³/mol. The van der Waals surface area contributed by atoms with Crippen LogP contribution in [0.3, 0.4) is 0 Å². The molecule has 4 heteroatoms. The SMILES string of the molecule is CC[C@H](Oc1ccccc1C)C(=O)Nc1cc(Cl)ccc1C. The fourth-order valence-corrected chi connectivity index (χ4v) is 2.28. The molecule has 116 valence electrons. The summed E-state index contributed by atoms with van der Waals surface area (Å²) < 4.78 is 5.85. The van der Waals surface area contributed by atoms with Crippen LogP contribution in [0.5, 0.6) is 5.75 Å². The second-order valence-corrected chi connectivity index (χ2v) is 5.67. The number of halogens is 1. The third-order valence-electron chi connectivity index (χ3n) is 3.48. The molecule has 0 aliphatic carbocycles. The maximum Gasteiger partial charge on any atom is 0.265 e. The van der Waals surface area contributed by atoms with Crippen molar-refractivity contribution in [1.29, 1.82) is 0 Å². The second kappa shape index (κ2) is 7.32. The zero-order chi connectivity index (χ0) is 16.1. The quantitative estimate of drug-likeness (QED) is 0.864. The summed E-state index contributed by atoms with van der Waals surface area (Å²) >= 11 is 5.98. The van der Waals surface area contributed by atoms with E-state index in [0.717, 1.165) is 16.9 Å². The minimum Gasteiger partial charge on any atom is -0.480 e. The van der Waals surface area contributed by atoms with E-state index in [1.54, 1.807) is 12.1 Å². The van der Waals surface area contributed by atoms with E-state index in [2.05, 4.69) is 5.32 Å². The number of nitrogens with one attached hydrogen (secondary N) is 1. The molecular formula is C18H20ClNO2. The Morgan fingerprint density at radius 3 is 2.59 bits per heavy atom. The van der Waals surface area contributed by atoms with Crippen molar-refractivity contribution in [1.82, 2.24) is 0 Å². The van der Waals surface area contributed by atoms with Crippen molar-refractivity contribution < 1.29 is 9.53 Å². The van der Waals surface area contributed by atoms with Gasteiger partial charge in [-0.3, -0.25) is 4.79 Å². The Kier molecular flexibility index (Phi) is 5.45. The maximum absolute atomic E-state index is 12.4. The van der Waals surface area contributed by atoms with E-state index >= 15 is 0 Å². The number of hydrogen-bond acceptors (Lipinski definition) is 2. The van der Waals surface area contributed by atoms with Crippen LogP contribution in [0.15, 0.2) is 42.5 Å². The summed E-state index contributed by atoms with van der Waals surface area (Å²) in [6, 6.07) is 13.1. The van der Waals surface area contributed by atoms with E-state index in [1.807, 2.05) is 51.1 Å². The summed E-state index contributed by atoms with van der Waals surface area (Å²) in [5.74, 6) is 0.559. The summed E-state index contributed by atoms with van der Waals surface area (Å²) in [5, 5.41) is 3.48. The van der Waals surface area contributed by atoms with E-state index in [0.29, 0.717) is 17.1 Å². The van der Waals surface area contributed by atoms with E-state index in [4.69, 9.17) is 16.3 Å². The molecule has 0 radical (unpaired) electrons. The molecule has 0 fully saturated rings. The van der Waals surface area contributed by atoms with Crippen LogP contribution in [-0.4, -0.2) is 12.0 Å². The molecule has 1 atom stereocenters. The highest BCUT2D eigenvalue weighted by molar-refractivity contribution is 6.31. The Balaban J connectivity index is 2.12. The zero-order valence-corrected chi connectivity index (χ0v) is 13.8. The van der Waals surface area contributed by atoms with Gasteiger partial charge in [0.1, 0.15) is 5.75 Å². The highest BCUT2D eigenvalue weighted by Gasteiger charge is 2.19. The van der Waals surface area contributed by atoms with Gasteiger partial charge in [-0.15, -0.1) is 0 Å². The second-order valence-electron chi connectivity index (χ2n) is 5.23. The van der Waals surface area contributed by atoms with E-state index in [1.165, 1.54) is 0 Å². The average molecular weight is 318 g/mol. The fourth-order valence-electron chi connectivity index (χ4n) is 2.11. The van der Waals surface area contributed by atoms with Crippen molar-refractivity contribution in [3.63, 3.8) is 0 Å². The van der Waals surface area contributed by atoms with Gasteiger partial charge < -0.3 is 10.1 Å². The van der Waals surface area contributed by atoms with Crippen molar-refractivity contribution >= 4 is 23.2 Å². The number of carbonyl (C=O) groups excluding carboxylic acids is 1. The Bertz CT molecular complexity index is 670. The lowest BCUT2D eigenvalue weighted by atomic mass is 10.1. The lowest BCUT2D eigenvalue weighted by Crippen LogP contribution is -2.32. The summed E-state index contributed by atoms with van der Waals surface area (Å²) in [6.07, 6.45) is 0.0410. The highest BCUT2D eigenvalue weighted by Crippen LogP contribution is 2.22. The van der Waals surface area contributed by atoms with Gasteiger partial charge in [0, 0.05) is 10.7 Å². The van der Waals surface area contributed by atoms with Crippen LogP contribution >= 0.6 is 11.6 Å². The number of para-hydroxylation sites is 1. The highest BCUT2D eigenvalue weighted by atomic mass is 35.5. The molecule has 1 amide bonds. The van der Waals surface area contributed by atoms with Crippen LogP contribution < -0.4 is 10.1 Å². The Morgan fingerprint density at radius 2 is 1.91 bits per heavy atom. The monoisotopic (exact) mass is 317 g/mol. The number of benzene rings is 2. The summed E-state index contributed by atoms with van der Waals surface area (Å²) in [5.41, 5.74) is 2.68. The smallest absolute Gasteiger partial charge is 0.265 e. The molecule has 0 heterocycles. The zero-order valence-electron chi connectivity index (χ0n) is 13.0. The van der Waals surface area contributed by atoms with Crippen LogP contribution in [0.2, 0.25) is 5.02 Å². The fraction of sp³-hybridized carbons (Fsp3) is 0.278. The number of anilines is 1. The van der Waals surface area contributed by atoms with Gasteiger partial charge >= 0.3 is 0 Å². The first kappa shape index (κ1) is 16.4. The Labute approximate surface area is 136 Å². The molecule has 1 N–H and O–H groups in total. The van der Waals surface area contributed by atoms with Gasteiger partial charge in [-0.2, -0.15) is 0 Å². The van der Waals surface area contributed by atoms with Gasteiger partial charge in [-0.25, -0.2) is 0 Å². The molecule has 2 aromatic carbocycles. The van der Waals surface area contributed by atoms with E-state index in [9.17, 15) is 4.79 Å². The van der Waals surface area contributed by atoms with Crippen LogP contribution in [-0.2, 0) is 4.79 Å². The molecule has 0 bridgehead atoms. The molecular weight excluding hydrogens is 298 g/mol. The normalized spacial score (nSPS) is 11.8. The molecule has 2 rings (SSSR count). The molecule has 0 spiro atoms. The Morgan fingerprint density at radius 1 is 1.18 bits per heavy atom. The third kappa shape index (κ3) is 4.01. The van der Waals surface area contributed by atoms with Gasteiger partial charge in [0.15, 0.2) is 6.10 Å². The molecule has 0 aliphatic rings. The first-order valence-corrected chi connectivity index (χ1v) is 7.68. The van der Waals surface area contributed by atoms with E-state index in [-0.39, 0.29) is 5.91 Å². The minimum absolute atomic E-state index is 0.170. The number of aryl methyl sites for hydroxylation is 2. The number of ether oxygens (including phenoxy) is 1. The molecule has 0 saturated carbocycles. The lowest BCUT2D eigenvalue weighted by Gasteiger charge is -2.19. The molecule has 3 nitrogen and oxygen atoms in total. The topological polar surface area (TPSA) is 38.3 Å². The maximum atomic E-state index is 12.4.